The molecule has 1 atom stereocenters. The van der Waals surface area contributed by atoms with Gasteiger partial charge in [-0.1, -0.05) is 13.3 Å². The second-order valence-electron chi connectivity index (χ2n) is 5.19. The SMILES string of the molecule is CCNc1nc(N(C)C)nc(N2CCC(CC)C2)n1. The normalized spacial score (nSPS) is 18.7. The zero-order chi connectivity index (χ0) is 13.8. The molecule has 1 fully saturated rings. The van der Waals surface area contributed by atoms with Gasteiger partial charge in [0.25, 0.3) is 0 Å². The van der Waals surface area contributed by atoms with E-state index in [0.717, 1.165) is 31.5 Å². The zero-order valence-corrected chi connectivity index (χ0v) is 12.3. The van der Waals surface area contributed by atoms with Crippen LogP contribution in [-0.2, 0) is 0 Å². The third-order valence-electron chi connectivity index (χ3n) is 3.49. The molecule has 1 aliphatic rings. The first-order chi connectivity index (χ1) is 9.13. The maximum Gasteiger partial charge on any atom is 0.231 e. The molecule has 0 spiro atoms. The largest absolute Gasteiger partial charge is 0.354 e. The summed E-state index contributed by atoms with van der Waals surface area (Å²) in [6, 6.07) is 0. The third kappa shape index (κ3) is 3.24. The molecule has 1 aromatic heterocycles. The molecule has 1 aliphatic heterocycles. The van der Waals surface area contributed by atoms with Gasteiger partial charge in [0.1, 0.15) is 0 Å². The van der Waals surface area contributed by atoms with E-state index in [1.165, 1.54) is 12.8 Å². The van der Waals surface area contributed by atoms with Crippen molar-refractivity contribution in [3.8, 4) is 0 Å². The fraction of sp³-hybridized carbons (Fsp3) is 0.769. The van der Waals surface area contributed by atoms with Gasteiger partial charge in [-0.15, -0.1) is 0 Å². The molecule has 2 heterocycles. The molecule has 0 radical (unpaired) electrons. The average Bonchev–Trinajstić information content (AvgIpc) is 2.87. The van der Waals surface area contributed by atoms with Crippen molar-refractivity contribution in [1.29, 1.82) is 0 Å². The summed E-state index contributed by atoms with van der Waals surface area (Å²) in [5.74, 6) is 2.94. The Bertz CT molecular complexity index is 420. The van der Waals surface area contributed by atoms with E-state index >= 15 is 0 Å². The van der Waals surface area contributed by atoms with E-state index in [1.807, 2.05) is 25.9 Å². The molecule has 0 saturated carbocycles. The molecule has 1 unspecified atom stereocenters. The Balaban J connectivity index is 2.23. The average molecular weight is 264 g/mol. The van der Waals surface area contributed by atoms with Crippen LogP contribution in [0.25, 0.3) is 0 Å². The predicted octanol–water partition coefficient (Wildman–Crippen LogP) is 1.61. The molecule has 1 aromatic rings. The first-order valence-electron chi connectivity index (χ1n) is 7.06. The minimum atomic E-state index is 0.663. The van der Waals surface area contributed by atoms with Crippen molar-refractivity contribution in [3.05, 3.63) is 0 Å². The number of hydrogen-bond acceptors (Lipinski definition) is 6. The Kier molecular flexibility index (Phi) is 4.39. The Hall–Kier alpha value is -1.59. The van der Waals surface area contributed by atoms with Crippen molar-refractivity contribution in [2.45, 2.75) is 26.7 Å². The van der Waals surface area contributed by atoms with Gasteiger partial charge in [0.15, 0.2) is 0 Å². The summed E-state index contributed by atoms with van der Waals surface area (Å²) in [4.78, 5) is 17.7. The van der Waals surface area contributed by atoms with E-state index in [1.54, 1.807) is 0 Å². The summed E-state index contributed by atoms with van der Waals surface area (Å²) in [5.41, 5.74) is 0. The molecule has 2 rings (SSSR count). The van der Waals surface area contributed by atoms with Gasteiger partial charge in [-0.3, -0.25) is 0 Å². The summed E-state index contributed by atoms with van der Waals surface area (Å²) >= 11 is 0. The van der Waals surface area contributed by atoms with Gasteiger partial charge in [-0.05, 0) is 19.3 Å². The van der Waals surface area contributed by atoms with E-state index in [-0.39, 0.29) is 0 Å². The molecule has 6 heteroatoms. The van der Waals surface area contributed by atoms with Gasteiger partial charge in [0.05, 0.1) is 0 Å². The van der Waals surface area contributed by atoms with Crippen molar-refractivity contribution in [2.75, 3.05) is 48.8 Å². The van der Waals surface area contributed by atoms with Gasteiger partial charge in [-0.2, -0.15) is 15.0 Å². The number of anilines is 3. The van der Waals surface area contributed by atoms with Gasteiger partial charge in [0.2, 0.25) is 17.8 Å². The minimum absolute atomic E-state index is 0.663. The van der Waals surface area contributed by atoms with Crippen molar-refractivity contribution in [2.24, 2.45) is 5.92 Å². The quantitative estimate of drug-likeness (QED) is 0.872. The Labute approximate surface area is 115 Å². The molecule has 6 nitrogen and oxygen atoms in total. The van der Waals surface area contributed by atoms with Crippen LogP contribution in [0.2, 0.25) is 0 Å². The van der Waals surface area contributed by atoms with Crippen LogP contribution in [0.3, 0.4) is 0 Å². The molecule has 1 saturated heterocycles. The lowest BCUT2D eigenvalue weighted by Crippen LogP contribution is -2.25. The molecule has 0 amide bonds. The number of aromatic nitrogens is 3. The smallest absolute Gasteiger partial charge is 0.231 e. The summed E-state index contributed by atoms with van der Waals surface area (Å²) in [7, 11) is 3.90. The Morgan fingerprint density at radius 2 is 2.05 bits per heavy atom. The fourth-order valence-corrected chi connectivity index (χ4v) is 2.28. The summed E-state index contributed by atoms with van der Waals surface area (Å²) < 4.78 is 0. The highest BCUT2D eigenvalue weighted by Crippen LogP contribution is 2.24. The number of hydrogen-bond donors (Lipinski definition) is 1. The Morgan fingerprint density at radius 1 is 1.26 bits per heavy atom. The van der Waals surface area contributed by atoms with Crippen LogP contribution in [-0.4, -0.2) is 48.7 Å². The molecule has 106 valence electrons. The van der Waals surface area contributed by atoms with Crippen molar-refractivity contribution >= 4 is 17.8 Å². The van der Waals surface area contributed by atoms with E-state index in [2.05, 4.69) is 32.1 Å². The van der Waals surface area contributed by atoms with Crippen LogP contribution in [0.5, 0.6) is 0 Å². The second-order valence-corrected chi connectivity index (χ2v) is 5.19. The van der Waals surface area contributed by atoms with E-state index in [9.17, 15) is 0 Å². The number of rotatable bonds is 5. The van der Waals surface area contributed by atoms with Gasteiger partial charge >= 0.3 is 0 Å². The highest BCUT2D eigenvalue weighted by atomic mass is 15.4. The number of nitrogens with zero attached hydrogens (tertiary/aromatic N) is 5. The third-order valence-corrected chi connectivity index (χ3v) is 3.49. The molecule has 1 N–H and O–H groups in total. The second kappa shape index (κ2) is 6.04. The summed E-state index contributed by atoms with van der Waals surface area (Å²) in [5, 5.41) is 3.18. The first kappa shape index (κ1) is 13.8. The molecular formula is C13H24N6. The standard InChI is InChI=1S/C13H24N6/c1-5-10-7-8-19(9-10)13-16-11(14-6-2)15-12(17-13)18(3)4/h10H,5-9H2,1-4H3,(H,14,15,16,17). The predicted molar refractivity (Wildman–Crippen MR) is 78.9 cm³/mol. The molecular weight excluding hydrogens is 240 g/mol. The van der Waals surface area contributed by atoms with Gasteiger partial charge in [-0.25, -0.2) is 0 Å². The van der Waals surface area contributed by atoms with E-state index < -0.39 is 0 Å². The van der Waals surface area contributed by atoms with Gasteiger partial charge in [0, 0.05) is 33.7 Å². The van der Waals surface area contributed by atoms with Crippen LogP contribution < -0.4 is 15.1 Å². The molecule has 19 heavy (non-hydrogen) atoms. The topological polar surface area (TPSA) is 57.2 Å². The zero-order valence-electron chi connectivity index (χ0n) is 12.3. The first-order valence-corrected chi connectivity index (χ1v) is 7.06. The van der Waals surface area contributed by atoms with Gasteiger partial charge < -0.3 is 15.1 Å². The monoisotopic (exact) mass is 264 g/mol. The van der Waals surface area contributed by atoms with Crippen molar-refractivity contribution in [3.63, 3.8) is 0 Å². The molecule has 0 aliphatic carbocycles. The van der Waals surface area contributed by atoms with Crippen molar-refractivity contribution < 1.29 is 0 Å². The van der Waals surface area contributed by atoms with Crippen LogP contribution in [0.15, 0.2) is 0 Å². The lowest BCUT2D eigenvalue weighted by molar-refractivity contribution is 0.568. The highest BCUT2D eigenvalue weighted by Gasteiger charge is 2.24. The van der Waals surface area contributed by atoms with E-state index in [0.29, 0.717) is 11.9 Å². The van der Waals surface area contributed by atoms with E-state index in [4.69, 9.17) is 0 Å². The maximum absolute atomic E-state index is 4.56. The van der Waals surface area contributed by atoms with Crippen molar-refractivity contribution in [1.82, 2.24) is 15.0 Å². The lowest BCUT2D eigenvalue weighted by atomic mass is 10.1. The molecule has 0 aromatic carbocycles. The highest BCUT2D eigenvalue weighted by molar-refractivity contribution is 5.45. The van der Waals surface area contributed by atoms with Crippen LogP contribution >= 0.6 is 0 Å². The summed E-state index contributed by atoms with van der Waals surface area (Å²) in [6.07, 6.45) is 2.46. The van der Waals surface area contributed by atoms with Crippen LogP contribution in [0, 0.1) is 5.92 Å². The maximum atomic E-state index is 4.56. The lowest BCUT2D eigenvalue weighted by Gasteiger charge is -2.19. The van der Waals surface area contributed by atoms with Crippen LogP contribution in [0.1, 0.15) is 26.7 Å². The fourth-order valence-electron chi connectivity index (χ4n) is 2.28. The summed E-state index contributed by atoms with van der Waals surface area (Å²) in [6.45, 7) is 7.20. The van der Waals surface area contributed by atoms with Crippen LogP contribution in [0.4, 0.5) is 17.8 Å². The Morgan fingerprint density at radius 3 is 2.63 bits per heavy atom. The minimum Gasteiger partial charge on any atom is -0.354 e. The molecule has 0 bridgehead atoms. The number of nitrogens with one attached hydrogen (secondary N) is 1.